The number of carbonyl (C=O) groups is 1. The molecule has 26 heavy (non-hydrogen) atoms. The monoisotopic (exact) mass is 346 g/mol. The Labute approximate surface area is 151 Å². The molecule has 0 saturated heterocycles. The molecule has 0 radical (unpaired) electrons. The summed E-state index contributed by atoms with van der Waals surface area (Å²) in [5, 5.41) is 0. The van der Waals surface area contributed by atoms with Gasteiger partial charge in [0.25, 0.3) is 5.79 Å². The largest absolute Gasteiger partial charge is 0.496 e. The summed E-state index contributed by atoms with van der Waals surface area (Å²) in [6, 6.07) is 9.97. The fraction of sp³-hybridized carbons (Fsp3) is 0.227. The number of methoxy groups -OCH3 is 2. The second-order valence-corrected chi connectivity index (χ2v) is 6.68. The standard InChI is InChI=1S/C22H18O4/c1-24-17-10-9-15-14-7-3-5-13-6-4-8-18(19(13)14)26-22(25-2)12-11-16(23)20(17)21(15)22/h4,6-12H,3,5H2,1-2H3/t22-/m1/s1. The van der Waals surface area contributed by atoms with E-state index in [-0.39, 0.29) is 5.78 Å². The van der Waals surface area contributed by atoms with Crippen LogP contribution in [0.5, 0.6) is 11.5 Å². The van der Waals surface area contributed by atoms with Crippen molar-refractivity contribution in [2.24, 2.45) is 0 Å². The van der Waals surface area contributed by atoms with Gasteiger partial charge < -0.3 is 14.2 Å². The fourth-order valence-electron chi connectivity index (χ4n) is 4.29. The summed E-state index contributed by atoms with van der Waals surface area (Å²) >= 11 is 0. The maximum absolute atomic E-state index is 12.7. The molecule has 2 aromatic rings. The Morgan fingerprint density at radius 1 is 1.12 bits per heavy atom. The second-order valence-electron chi connectivity index (χ2n) is 6.68. The van der Waals surface area contributed by atoms with Crippen LogP contribution in [0.4, 0.5) is 0 Å². The lowest BCUT2D eigenvalue weighted by molar-refractivity contribution is -0.132. The zero-order chi connectivity index (χ0) is 17.9. The molecule has 2 aromatic carbocycles. The van der Waals surface area contributed by atoms with Gasteiger partial charge in [0, 0.05) is 12.7 Å². The van der Waals surface area contributed by atoms with E-state index in [1.165, 1.54) is 11.6 Å². The number of aryl methyl sites for hydroxylation is 1. The number of rotatable bonds is 2. The molecular formula is C22H18O4. The molecule has 1 heterocycles. The summed E-state index contributed by atoms with van der Waals surface area (Å²) in [7, 11) is 3.17. The lowest BCUT2D eigenvalue weighted by atomic mass is 9.80. The maximum Gasteiger partial charge on any atom is 0.258 e. The highest BCUT2D eigenvalue weighted by atomic mass is 16.7. The molecule has 0 spiro atoms. The predicted octanol–water partition coefficient (Wildman–Crippen LogP) is 4.02. The van der Waals surface area contributed by atoms with Crippen LogP contribution in [-0.2, 0) is 16.9 Å². The van der Waals surface area contributed by atoms with Crippen LogP contribution in [0.25, 0.3) is 5.57 Å². The molecule has 0 saturated carbocycles. The average Bonchev–Trinajstić information content (AvgIpc) is 2.80. The average molecular weight is 346 g/mol. The van der Waals surface area contributed by atoms with Gasteiger partial charge in [0.15, 0.2) is 5.78 Å². The Hall–Kier alpha value is -2.85. The van der Waals surface area contributed by atoms with Crippen molar-refractivity contribution in [3.05, 3.63) is 76.4 Å². The van der Waals surface area contributed by atoms with Crippen LogP contribution in [0.1, 0.15) is 39.0 Å². The van der Waals surface area contributed by atoms with Gasteiger partial charge in [-0.15, -0.1) is 0 Å². The van der Waals surface area contributed by atoms with Crippen molar-refractivity contribution in [1.29, 1.82) is 0 Å². The number of ether oxygens (including phenoxy) is 3. The molecule has 4 nitrogen and oxygen atoms in total. The third-order valence-corrected chi connectivity index (χ3v) is 5.44. The van der Waals surface area contributed by atoms with E-state index < -0.39 is 5.79 Å². The van der Waals surface area contributed by atoms with Crippen LogP contribution in [0.15, 0.2) is 48.6 Å². The number of hydrogen-bond donors (Lipinski definition) is 0. The molecule has 1 atom stereocenters. The molecule has 4 heteroatoms. The quantitative estimate of drug-likeness (QED) is 0.824. The Kier molecular flexibility index (Phi) is 3.15. The van der Waals surface area contributed by atoms with Crippen molar-refractivity contribution >= 4 is 11.4 Å². The van der Waals surface area contributed by atoms with Crippen LogP contribution in [0.3, 0.4) is 0 Å². The molecule has 1 aliphatic heterocycles. The van der Waals surface area contributed by atoms with Gasteiger partial charge in [0.1, 0.15) is 11.5 Å². The zero-order valence-corrected chi connectivity index (χ0v) is 14.7. The first kappa shape index (κ1) is 15.4. The minimum atomic E-state index is -1.15. The van der Waals surface area contributed by atoms with Crippen molar-refractivity contribution < 1.29 is 19.0 Å². The van der Waals surface area contributed by atoms with Gasteiger partial charge in [0.2, 0.25) is 0 Å². The van der Waals surface area contributed by atoms with Gasteiger partial charge in [-0.2, -0.15) is 0 Å². The summed E-state index contributed by atoms with van der Waals surface area (Å²) < 4.78 is 17.8. The van der Waals surface area contributed by atoms with Crippen LogP contribution in [0, 0.1) is 0 Å². The summed E-state index contributed by atoms with van der Waals surface area (Å²) in [6.07, 6.45) is 7.37. The van der Waals surface area contributed by atoms with E-state index in [1.54, 1.807) is 20.3 Å². The lowest BCUT2D eigenvalue weighted by Gasteiger charge is -2.34. The smallest absolute Gasteiger partial charge is 0.258 e. The van der Waals surface area contributed by atoms with Crippen LogP contribution >= 0.6 is 0 Å². The summed E-state index contributed by atoms with van der Waals surface area (Å²) in [4.78, 5) is 12.7. The number of fused-ring (bicyclic) bond motifs is 1. The van der Waals surface area contributed by atoms with Crippen molar-refractivity contribution in [1.82, 2.24) is 0 Å². The molecule has 3 aliphatic rings. The molecule has 0 amide bonds. The van der Waals surface area contributed by atoms with Gasteiger partial charge in [0.05, 0.1) is 18.2 Å². The Bertz CT molecular complexity index is 1020. The van der Waals surface area contributed by atoms with Crippen molar-refractivity contribution in [3.8, 4) is 11.5 Å². The van der Waals surface area contributed by atoms with Crippen molar-refractivity contribution in [2.75, 3.05) is 14.2 Å². The molecule has 0 fully saturated rings. The normalized spacial score (nSPS) is 21.9. The third kappa shape index (κ3) is 1.85. The molecule has 0 unspecified atom stereocenters. The van der Waals surface area contributed by atoms with Crippen LogP contribution in [-0.4, -0.2) is 20.0 Å². The fourth-order valence-corrected chi connectivity index (χ4v) is 4.29. The van der Waals surface area contributed by atoms with Crippen molar-refractivity contribution in [3.63, 3.8) is 0 Å². The third-order valence-electron chi connectivity index (χ3n) is 5.44. The molecule has 0 bridgehead atoms. The van der Waals surface area contributed by atoms with E-state index in [0.717, 1.165) is 40.9 Å². The number of ketones is 1. The highest BCUT2D eigenvalue weighted by Crippen LogP contribution is 2.51. The zero-order valence-electron chi connectivity index (χ0n) is 14.7. The van der Waals surface area contributed by atoms with E-state index in [4.69, 9.17) is 14.2 Å². The molecule has 2 aliphatic carbocycles. The van der Waals surface area contributed by atoms with Crippen LogP contribution < -0.4 is 9.47 Å². The SMILES string of the molecule is COc1ccc2c3c1C(=O)C=C[C@@]3(OC)Oc1cccc3c1C2=CCC3. The molecular weight excluding hydrogens is 328 g/mol. The van der Waals surface area contributed by atoms with Gasteiger partial charge in [-0.05, 0) is 53.8 Å². The Balaban J connectivity index is 1.94. The highest BCUT2D eigenvalue weighted by molar-refractivity contribution is 6.11. The Morgan fingerprint density at radius 2 is 2.00 bits per heavy atom. The molecule has 0 N–H and O–H groups in total. The van der Waals surface area contributed by atoms with E-state index in [1.807, 2.05) is 24.3 Å². The number of hydrogen-bond acceptors (Lipinski definition) is 4. The number of allylic oxidation sites excluding steroid dienone is 2. The van der Waals surface area contributed by atoms with Gasteiger partial charge in [-0.3, -0.25) is 4.79 Å². The van der Waals surface area contributed by atoms with E-state index in [0.29, 0.717) is 11.3 Å². The van der Waals surface area contributed by atoms with E-state index in [9.17, 15) is 4.79 Å². The van der Waals surface area contributed by atoms with E-state index >= 15 is 0 Å². The minimum Gasteiger partial charge on any atom is -0.496 e. The summed E-state index contributed by atoms with van der Waals surface area (Å²) in [6.45, 7) is 0. The Morgan fingerprint density at radius 3 is 2.81 bits per heavy atom. The maximum atomic E-state index is 12.7. The first-order chi connectivity index (χ1) is 12.7. The molecule has 130 valence electrons. The second kappa shape index (κ2) is 5.32. The van der Waals surface area contributed by atoms with Crippen molar-refractivity contribution in [2.45, 2.75) is 18.6 Å². The lowest BCUT2D eigenvalue weighted by Crippen LogP contribution is -2.37. The number of carbonyl (C=O) groups excluding carboxylic acids is 1. The van der Waals surface area contributed by atoms with Gasteiger partial charge in [-0.1, -0.05) is 24.3 Å². The topological polar surface area (TPSA) is 44.8 Å². The molecule has 5 rings (SSSR count). The van der Waals surface area contributed by atoms with E-state index in [2.05, 4.69) is 12.1 Å². The first-order valence-corrected chi connectivity index (χ1v) is 8.70. The molecule has 0 aromatic heterocycles. The minimum absolute atomic E-state index is 0.0995. The number of benzene rings is 2. The summed E-state index contributed by atoms with van der Waals surface area (Å²) in [5.74, 6) is 0.0548. The van der Waals surface area contributed by atoms with Gasteiger partial charge in [-0.25, -0.2) is 0 Å². The predicted molar refractivity (Wildman–Crippen MR) is 97.6 cm³/mol. The van der Waals surface area contributed by atoms with Crippen LogP contribution in [0.2, 0.25) is 0 Å². The summed E-state index contributed by atoms with van der Waals surface area (Å²) in [5.41, 5.74) is 5.65. The highest BCUT2D eigenvalue weighted by Gasteiger charge is 2.45. The van der Waals surface area contributed by atoms with Gasteiger partial charge >= 0.3 is 0 Å². The first-order valence-electron chi connectivity index (χ1n) is 8.70.